The minimum Gasteiger partial charge on any atom is -0.496 e. The SMILES string of the molecule is COc1cc(N)ccc1COC(C)c1ccccc1. The van der Waals surface area contributed by atoms with Gasteiger partial charge in [0.25, 0.3) is 0 Å². The first-order valence-corrected chi connectivity index (χ1v) is 6.29. The molecular weight excluding hydrogens is 238 g/mol. The summed E-state index contributed by atoms with van der Waals surface area (Å²) in [5.74, 6) is 0.764. The van der Waals surface area contributed by atoms with Gasteiger partial charge in [-0.3, -0.25) is 0 Å². The van der Waals surface area contributed by atoms with Gasteiger partial charge in [0.05, 0.1) is 19.8 Å². The Morgan fingerprint density at radius 3 is 2.53 bits per heavy atom. The summed E-state index contributed by atoms with van der Waals surface area (Å²) in [4.78, 5) is 0. The molecule has 0 aliphatic carbocycles. The summed E-state index contributed by atoms with van der Waals surface area (Å²) < 4.78 is 11.2. The lowest BCUT2D eigenvalue weighted by Gasteiger charge is -2.15. The molecule has 2 N–H and O–H groups in total. The number of methoxy groups -OCH3 is 1. The number of hydrogen-bond acceptors (Lipinski definition) is 3. The molecule has 0 fully saturated rings. The maximum absolute atomic E-state index is 5.88. The smallest absolute Gasteiger partial charge is 0.126 e. The Morgan fingerprint density at radius 2 is 1.84 bits per heavy atom. The lowest BCUT2D eigenvalue weighted by molar-refractivity contribution is 0.0514. The summed E-state index contributed by atoms with van der Waals surface area (Å²) in [5.41, 5.74) is 8.58. The van der Waals surface area contributed by atoms with Gasteiger partial charge < -0.3 is 15.2 Å². The van der Waals surface area contributed by atoms with Gasteiger partial charge in [0.1, 0.15) is 5.75 Å². The highest BCUT2D eigenvalue weighted by Crippen LogP contribution is 2.25. The molecule has 0 heterocycles. The molecule has 19 heavy (non-hydrogen) atoms. The Labute approximate surface area is 114 Å². The normalized spacial score (nSPS) is 12.1. The third-order valence-corrected chi connectivity index (χ3v) is 3.07. The zero-order chi connectivity index (χ0) is 13.7. The van der Waals surface area contributed by atoms with Crippen molar-refractivity contribution in [2.24, 2.45) is 0 Å². The van der Waals surface area contributed by atoms with Crippen LogP contribution in [0.1, 0.15) is 24.2 Å². The summed E-state index contributed by atoms with van der Waals surface area (Å²) in [5, 5.41) is 0. The molecule has 0 aromatic heterocycles. The number of anilines is 1. The van der Waals surface area contributed by atoms with E-state index in [0.717, 1.165) is 16.9 Å². The highest BCUT2D eigenvalue weighted by Gasteiger charge is 2.08. The van der Waals surface area contributed by atoms with Crippen LogP contribution in [0.3, 0.4) is 0 Å². The van der Waals surface area contributed by atoms with Gasteiger partial charge in [-0.2, -0.15) is 0 Å². The van der Waals surface area contributed by atoms with Crippen LogP contribution in [0.4, 0.5) is 5.69 Å². The van der Waals surface area contributed by atoms with E-state index in [1.165, 1.54) is 0 Å². The molecule has 3 nitrogen and oxygen atoms in total. The average molecular weight is 257 g/mol. The maximum atomic E-state index is 5.88. The van der Waals surface area contributed by atoms with E-state index >= 15 is 0 Å². The van der Waals surface area contributed by atoms with Crippen LogP contribution in [0.2, 0.25) is 0 Å². The third kappa shape index (κ3) is 3.48. The van der Waals surface area contributed by atoms with Gasteiger partial charge in [0.15, 0.2) is 0 Å². The second-order valence-electron chi connectivity index (χ2n) is 4.44. The van der Waals surface area contributed by atoms with Gasteiger partial charge in [0.2, 0.25) is 0 Å². The van der Waals surface area contributed by atoms with Crippen molar-refractivity contribution in [1.82, 2.24) is 0 Å². The summed E-state index contributed by atoms with van der Waals surface area (Å²) in [6.07, 6.45) is 0.0449. The molecule has 1 atom stereocenters. The van der Waals surface area contributed by atoms with Crippen molar-refractivity contribution in [3.05, 3.63) is 59.7 Å². The van der Waals surface area contributed by atoms with Crippen molar-refractivity contribution in [2.45, 2.75) is 19.6 Å². The van der Waals surface area contributed by atoms with Crippen LogP contribution in [0, 0.1) is 0 Å². The van der Waals surface area contributed by atoms with Crippen LogP contribution in [0.15, 0.2) is 48.5 Å². The van der Waals surface area contributed by atoms with Crippen LogP contribution in [-0.4, -0.2) is 7.11 Å². The first kappa shape index (κ1) is 13.4. The monoisotopic (exact) mass is 257 g/mol. The van der Waals surface area contributed by atoms with Gasteiger partial charge in [-0.1, -0.05) is 36.4 Å². The molecule has 2 aromatic rings. The van der Waals surface area contributed by atoms with Gasteiger partial charge in [0, 0.05) is 17.3 Å². The maximum Gasteiger partial charge on any atom is 0.126 e. The van der Waals surface area contributed by atoms with E-state index in [1.54, 1.807) is 7.11 Å². The van der Waals surface area contributed by atoms with Crippen molar-refractivity contribution >= 4 is 5.69 Å². The molecule has 2 rings (SSSR count). The van der Waals surface area contributed by atoms with Crippen LogP contribution in [0.5, 0.6) is 5.75 Å². The molecule has 2 aromatic carbocycles. The van der Waals surface area contributed by atoms with Crippen molar-refractivity contribution in [3.8, 4) is 5.75 Å². The molecule has 0 radical (unpaired) electrons. The quantitative estimate of drug-likeness (QED) is 0.833. The van der Waals surface area contributed by atoms with E-state index in [-0.39, 0.29) is 6.10 Å². The summed E-state index contributed by atoms with van der Waals surface area (Å²) in [6, 6.07) is 15.7. The molecule has 0 spiro atoms. The van der Waals surface area contributed by atoms with Crippen molar-refractivity contribution in [2.75, 3.05) is 12.8 Å². The third-order valence-electron chi connectivity index (χ3n) is 3.07. The number of nitrogen functional groups attached to an aromatic ring is 1. The molecule has 0 saturated carbocycles. The van der Waals surface area contributed by atoms with Gasteiger partial charge in [-0.25, -0.2) is 0 Å². The predicted molar refractivity (Wildman–Crippen MR) is 77.1 cm³/mol. The molecular formula is C16H19NO2. The largest absolute Gasteiger partial charge is 0.496 e. The summed E-state index contributed by atoms with van der Waals surface area (Å²) in [6.45, 7) is 2.54. The van der Waals surface area contributed by atoms with E-state index in [4.69, 9.17) is 15.2 Å². The molecule has 1 unspecified atom stereocenters. The molecule has 100 valence electrons. The number of rotatable bonds is 5. The van der Waals surface area contributed by atoms with Crippen molar-refractivity contribution in [1.29, 1.82) is 0 Å². The Hall–Kier alpha value is -2.00. The fourth-order valence-corrected chi connectivity index (χ4v) is 1.92. The Bertz CT molecular complexity index is 526. The van der Waals surface area contributed by atoms with E-state index < -0.39 is 0 Å². The second kappa shape index (κ2) is 6.25. The Balaban J connectivity index is 2.03. The Kier molecular flexibility index (Phi) is 4.42. The standard InChI is InChI=1S/C16H19NO2/c1-12(13-6-4-3-5-7-13)19-11-14-8-9-15(17)10-16(14)18-2/h3-10,12H,11,17H2,1-2H3. The topological polar surface area (TPSA) is 44.5 Å². The van der Waals surface area contributed by atoms with Gasteiger partial charge in [-0.15, -0.1) is 0 Å². The fourth-order valence-electron chi connectivity index (χ4n) is 1.92. The molecule has 0 bridgehead atoms. The minimum absolute atomic E-state index is 0.0449. The van der Waals surface area contributed by atoms with Crippen LogP contribution >= 0.6 is 0 Å². The molecule has 0 aliphatic rings. The summed E-state index contributed by atoms with van der Waals surface area (Å²) in [7, 11) is 1.64. The first-order valence-electron chi connectivity index (χ1n) is 6.29. The zero-order valence-electron chi connectivity index (χ0n) is 11.3. The van der Waals surface area contributed by atoms with E-state index in [1.807, 2.05) is 43.3 Å². The second-order valence-corrected chi connectivity index (χ2v) is 4.44. The highest BCUT2D eigenvalue weighted by atomic mass is 16.5. The molecule has 0 aliphatic heterocycles. The van der Waals surface area contributed by atoms with Gasteiger partial charge >= 0.3 is 0 Å². The van der Waals surface area contributed by atoms with Gasteiger partial charge in [-0.05, 0) is 18.6 Å². The zero-order valence-corrected chi connectivity index (χ0v) is 11.3. The van der Waals surface area contributed by atoms with Crippen LogP contribution in [0.25, 0.3) is 0 Å². The molecule has 0 saturated heterocycles. The number of benzene rings is 2. The number of hydrogen-bond donors (Lipinski definition) is 1. The average Bonchev–Trinajstić information content (AvgIpc) is 2.46. The predicted octanol–water partition coefficient (Wildman–Crippen LogP) is 3.56. The number of ether oxygens (including phenoxy) is 2. The van der Waals surface area contributed by atoms with E-state index in [2.05, 4.69) is 12.1 Å². The fraction of sp³-hybridized carbons (Fsp3) is 0.250. The van der Waals surface area contributed by atoms with E-state index in [0.29, 0.717) is 12.3 Å². The lowest BCUT2D eigenvalue weighted by Crippen LogP contribution is -2.02. The number of nitrogens with two attached hydrogens (primary N) is 1. The van der Waals surface area contributed by atoms with Crippen molar-refractivity contribution < 1.29 is 9.47 Å². The lowest BCUT2D eigenvalue weighted by atomic mass is 10.1. The minimum atomic E-state index is 0.0449. The Morgan fingerprint density at radius 1 is 1.11 bits per heavy atom. The summed E-state index contributed by atoms with van der Waals surface area (Å²) >= 11 is 0. The van der Waals surface area contributed by atoms with Crippen LogP contribution in [-0.2, 0) is 11.3 Å². The first-order chi connectivity index (χ1) is 9.20. The molecule has 0 amide bonds. The van der Waals surface area contributed by atoms with Crippen molar-refractivity contribution in [3.63, 3.8) is 0 Å². The van der Waals surface area contributed by atoms with E-state index in [9.17, 15) is 0 Å². The van der Waals surface area contributed by atoms with Crippen LogP contribution < -0.4 is 10.5 Å². The molecule has 3 heteroatoms. The highest BCUT2D eigenvalue weighted by molar-refractivity contribution is 5.48.